The smallest absolute Gasteiger partial charge is 0.256 e. The summed E-state index contributed by atoms with van der Waals surface area (Å²) < 4.78 is 1.72. The number of hydrogen-bond donors (Lipinski definition) is 1. The van der Waals surface area contributed by atoms with Crippen LogP contribution in [0.3, 0.4) is 0 Å². The monoisotopic (exact) mass is 291 g/mol. The van der Waals surface area contributed by atoms with Crippen molar-refractivity contribution in [1.82, 2.24) is 4.57 Å². The lowest BCUT2D eigenvalue weighted by atomic mass is 10.1. The molecule has 0 spiro atoms. The zero-order valence-corrected chi connectivity index (χ0v) is 12.4. The van der Waals surface area contributed by atoms with Gasteiger partial charge in [-0.25, -0.2) is 0 Å². The fourth-order valence-electron chi connectivity index (χ4n) is 2.16. The Bertz CT molecular complexity index is 645. The Kier molecular flexibility index (Phi) is 4.63. The van der Waals surface area contributed by atoms with E-state index in [9.17, 15) is 9.90 Å². The second-order valence-corrected chi connectivity index (χ2v) is 5.65. The second-order valence-electron chi connectivity index (χ2n) is 5.22. The third kappa shape index (κ3) is 3.11. The lowest BCUT2D eigenvalue weighted by Gasteiger charge is -2.16. The van der Waals surface area contributed by atoms with Gasteiger partial charge in [-0.15, -0.1) is 0 Å². The van der Waals surface area contributed by atoms with E-state index in [0.29, 0.717) is 23.0 Å². The molecule has 20 heavy (non-hydrogen) atoms. The molecule has 0 amide bonds. The molecule has 0 aliphatic heterocycles. The van der Waals surface area contributed by atoms with E-state index in [1.807, 2.05) is 18.2 Å². The normalized spacial score (nSPS) is 11.1. The van der Waals surface area contributed by atoms with Gasteiger partial charge in [0.05, 0.1) is 12.3 Å². The summed E-state index contributed by atoms with van der Waals surface area (Å²) in [6.07, 6.45) is 0. The number of benzene rings is 1. The number of aliphatic hydroxyl groups is 1. The van der Waals surface area contributed by atoms with Crippen molar-refractivity contribution in [3.63, 3.8) is 0 Å². The fourth-order valence-corrected chi connectivity index (χ4v) is 2.29. The van der Waals surface area contributed by atoms with Crippen molar-refractivity contribution in [3.8, 4) is 11.3 Å². The minimum absolute atomic E-state index is 0.131. The van der Waals surface area contributed by atoms with Crippen LogP contribution in [-0.4, -0.2) is 9.67 Å². The molecular weight excluding hydrogens is 274 g/mol. The number of pyridine rings is 1. The third-order valence-electron chi connectivity index (χ3n) is 3.11. The first-order valence-electron chi connectivity index (χ1n) is 6.62. The summed E-state index contributed by atoms with van der Waals surface area (Å²) in [7, 11) is 0. The summed E-state index contributed by atoms with van der Waals surface area (Å²) in [6.45, 7) is 4.50. The van der Waals surface area contributed by atoms with E-state index < -0.39 is 0 Å². The standard InChI is InChI=1S/C16H18ClNO2/c1-11(2)9-18-15(8-5-13(10-19)16(18)20)12-3-6-14(17)7-4-12/h3-8,11,19H,9-10H2,1-2H3. The highest BCUT2D eigenvalue weighted by molar-refractivity contribution is 6.30. The predicted octanol–water partition coefficient (Wildman–Crippen LogP) is 3.32. The van der Waals surface area contributed by atoms with E-state index in [-0.39, 0.29) is 12.2 Å². The molecular formula is C16H18ClNO2. The largest absolute Gasteiger partial charge is 0.391 e. The van der Waals surface area contributed by atoms with Crippen LogP contribution >= 0.6 is 11.6 Å². The summed E-state index contributed by atoms with van der Waals surface area (Å²) in [5.74, 6) is 0.340. The molecule has 1 aromatic carbocycles. The predicted molar refractivity (Wildman–Crippen MR) is 81.9 cm³/mol. The van der Waals surface area contributed by atoms with Crippen LogP contribution in [0.4, 0.5) is 0 Å². The molecule has 0 atom stereocenters. The minimum Gasteiger partial charge on any atom is -0.391 e. The number of aromatic nitrogens is 1. The van der Waals surface area contributed by atoms with Gasteiger partial charge >= 0.3 is 0 Å². The average molecular weight is 292 g/mol. The van der Waals surface area contributed by atoms with E-state index in [2.05, 4.69) is 13.8 Å². The molecule has 4 heteroatoms. The van der Waals surface area contributed by atoms with E-state index in [0.717, 1.165) is 11.3 Å². The van der Waals surface area contributed by atoms with Crippen LogP contribution < -0.4 is 5.56 Å². The van der Waals surface area contributed by atoms with Crippen LogP contribution in [0.1, 0.15) is 19.4 Å². The molecule has 1 aromatic heterocycles. The van der Waals surface area contributed by atoms with Crippen molar-refractivity contribution in [1.29, 1.82) is 0 Å². The molecule has 3 nitrogen and oxygen atoms in total. The number of rotatable bonds is 4. The quantitative estimate of drug-likeness (QED) is 0.939. The Hall–Kier alpha value is -1.58. The van der Waals surface area contributed by atoms with Crippen LogP contribution in [0.2, 0.25) is 5.02 Å². The molecule has 0 aliphatic rings. The van der Waals surface area contributed by atoms with Gasteiger partial charge in [0.25, 0.3) is 5.56 Å². The van der Waals surface area contributed by atoms with Gasteiger partial charge in [-0.3, -0.25) is 4.79 Å². The lowest BCUT2D eigenvalue weighted by molar-refractivity contribution is 0.279. The molecule has 0 unspecified atom stereocenters. The number of halogens is 1. The Balaban J connectivity index is 2.60. The summed E-state index contributed by atoms with van der Waals surface area (Å²) in [4.78, 5) is 12.4. The Morgan fingerprint density at radius 2 is 1.80 bits per heavy atom. The Morgan fingerprint density at radius 3 is 2.35 bits per heavy atom. The van der Waals surface area contributed by atoms with E-state index >= 15 is 0 Å². The van der Waals surface area contributed by atoms with Crippen LogP contribution in [0.15, 0.2) is 41.2 Å². The maximum absolute atomic E-state index is 12.4. The number of nitrogens with zero attached hydrogens (tertiary/aromatic N) is 1. The van der Waals surface area contributed by atoms with Crippen molar-refractivity contribution >= 4 is 11.6 Å². The molecule has 2 rings (SSSR count). The maximum Gasteiger partial charge on any atom is 0.256 e. The van der Waals surface area contributed by atoms with Gasteiger partial charge in [0.15, 0.2) is 0 Å². The Morgan fingerprint density at radius 1 is 1.15 bits per heavy atom. The van der Waals surface area contributed by atoms with E-state index in [4.69, 9.17) is 11.6 Å². The molecule has 0 fully saturated rings. The summed E-state index contributed by atoms with van der Waals surface area (Å²) >= 11 is 5.90. The van der Waals surface area contributed by atoms with Crippen molar-refractivity contribution in [2.75, 3.05) is 0 Å². The van der Waals surface area contributed by atoms with Gasteiger partial charge in [-0.1, -0.05) is 37.6 Å². The number of aliphatic hydroxyl groups excluding tert-OH is 1. The zero-order chi connectivity index (χ0) is 14.7. The summed E-state index contributed by atoms with van der Waals surface area (Å²) in [6, 6.07) is 11.0. The van der Waals surface area contributed by atoms with Crippen LogP contribution in [0, 0.1) is 5.92 Å². The highest BCUT2D eigenvalue weighted by Gasteiger charge is 2.11. The lowest BCUT2D eigenvalue weighted by Crippen LogP contribution is -2.27. The first-order valence-corrected chi connectivity index (χ1v) is 7.00. The van der Waals surface area contributed by atoms with Crippen molar-refractivity contribution in [3.05, 3.63) is 57.3 Å². The highest BCUT2D eigenvalue weighted by Crippen LogP contribution is 2.21. The van der Waals surface area contributed by atoms with Crippen LogP contribution in [0.25, 0.3) is 11.3 Å². The number of hydrogen-bond acceptors (Lipinski definition) is 2. The van der Waals surface area contributed by atoms with Gasteiger partial charge in [0, 0.05) is 17.1 Å². The molecule has 0 aliphatic carbocycles. The second kappa shape index (κ2) is 6.25. The Labute approximate surface area is 123 Å². The van der Waals surface area contributed by atoms with Crippen LogP contribution in [0.5, 0.6) is 0 Å². The van der Waals surface area contributed by atoms with Gasteiger partial charge in [-0.2, -0.15) is 0 Å². The van der Waals surface area contributed by atoms with Gasteiger partial charge in [0.2, 0.25) is 0 Å². The van der Waals surface area contributed by atoms with Crippen molar-refractivity contribution < 1.29 is 5.11 Å². The highest BCUT2D eigenvalue weighted by atomic mass is 35.5. The van der Waals surface area contributed by atoms with Gasteiger partial charge in [-0.05, 0) is 35.7 Å². The van der Waals surface area contributed by atoms with Crippen molar-refractivity contribution in [2.45, 2.75) is 27.0 Å². The zero-order valence-electron chi connectivity index (χ0n) is 11.6. The first kappa shape index (κ1) is 14.8. The SMILES string of the molecule is CC(C)Cn1c(-c2ccc(Cl)cc2)ccc(CO)c1=O. The van der Waals surface area contributed by atoms with Crippen LogP contribution in [-0.2, 0) is 13.2 Å². The molecule has 1 N–H and O–H groups in total. The molecule has 0 bridgehead atoms. The van der Waals surface area contributed by atoms with E-state index in [1.54, 1.807) is 22.8 Å². The van der Waals surface area contributed by atoms with Gasteiger partial charge < -0.3 is 9.67 Å². The van der Waals surface area contributed by atoms with Crippen molar-refractivity contribution in [2.24, 2.45) is 5.92 Å². The average Bonchev–Trinajstić information content (AvgIpc) is 2.42. The molecule has 106 valence electrons. The molecule has 0 saturated carbocycles. The van der Waals surface area contributed by atoms with E-state index in [1.165, 1.54) is 0 Å². The molecule has 0 radical (unpaired) electrons. The minimum atomic E-state index is -0.238. The maximum atomic E-state index is 12.4. The van der Waals surface area contributed by atoms with Gasteiger partial charge in [0.1, 0.15) is 0 Å². The molecule has 1 heterocycles. The topological polar surface area (TPSA) is 42.2 Å². The molecule has 2 aromatic rings. The third-order valence-corrected chi connectivity index (χ3v) is 3.36. The molecule has 0 saturated heterocycles. The fraction of sp³-hybridized carbons (Fsp3) is 0.312. The summed E-state index contributed by atoms with van der Waals surface area (Å²) in [5, 5.41) is 9.91. The summed E-state index contributed by atoms with van der Waals surface area (Å²) in [5.41, 5.74) is 2.08. The first-order chi connectivity index (χ1) is 9.52.